The molecular formula is C12H16FNO. The predicted molar refractivity (Wildman–Crippen MR) is 57.8 cm³/mol. The Morgan fingerprint density at radius 1 is 1.40 bits per heavy atom. The molecule has 2 nitrogen and oxygen atoms in total. The van der Waals surface area contributed by atoms with E-state index in [1.54, 1.807) is 0 Å². The lowest BCUT2D eigenvalue weighted by molar-refractivity contribution is 0.273. The quantitative estimate of drug-likeness (QED) is 0.776. The fraction of sp³-hybridized carbons (Fsp3) is 0.500. The maximum absolute atomic E-state index is 11.9. The lowest BCUT2D eigenvalue weighted by Gasteiger charge is -2.07. The molecule has 0 spiro atoms. The van der Waals surface area contributed by atoms with Crippen LogP contribution in [0.3, 0.4) is 0 Å². The average Bonchev–Trinajstić information content (AvgIpc) is 3.08. The van der Waals surface area contributed by atoms with Gasteiger partial charge in [0.25, 0.3) is 0 Å². The van der Waals surface area contributed by atoms with Gasteiger partial charge in [-0.2, -0.15) is 0 Å². The maximum atomic E-state index is 11.9. The van der Waals surface area contributed by atoms with E-state index in [2.05, 4.69) is 11.4 Å². The molecule has 1 aliphatic rings. The molecule has 0 saturated heterocycles. The van der Waals surface area contributed by atoms with Crippen molar-refractivity contribution in [2.24, 2.45) is 0 Å². The van der Waals surface area contributed by atoms with E-state index in [9.17, 15) is 4.39 Å². The molecular weight excluding hydrogens is 193 g/mol. The zero-order chi connectivity index (χ0) is 10.5. The van der Waals surface area contributed by atoms with Gasteiger partial charge in [0, 0.05) is 12.6 Å². The molecule has 0 radical (unpaired) electrons. The second kappa shape index (κ2) is 5.12. The van der Waals surface area contributed by atoms with Crippen molar-refractivity contribution in [3.63, 3.8) is 0 Å². The lowest BCUT2D eigenvalue weighted by Crippen LogP contribution is -2.15. The monoisotopic (exact) mass is 209 g/mol. The predicted octanol–water partition coefficient (Wildman–Crippen LogP) is 2.29. The normalized spacial score (nSPS) is 15.3. The van der Waals surface area contributed by atoms with Crippen LogP contribution in [0.25, 0.3) is 0 Å². The van der Waals surface area contributed by atoms with Crippen LogP contribution in [0, 0.1) is 0 Å². The highest BCUT2D eigenvalue weighted by Gasteiger charge is 2.19. The SMILES string of the molecule is FCCOc1cccc(CNC2CC2)c1. The van der Waals surface area contributed by atoms with Crippen LogP contribution in [0.2, 0.25) is 0 Å². The van der Waals surface area contributed by atoms with E-state index >= 15 is 0 Å². The molecule has 1 aromatic carbocycles. The number of rotatable bonds is 6. The van der Waals surface area contributed by atoms with Crippen LogP contribution in [0.1, 0.15) is 18.4 Å². The Morgan fingerprint density at radius 2 is 2.27 bits per heavy atom. The molecule has 1 aliphatic carbocycles. The summed E-state index contributed by atoms with van der Waals surface area (Å²) >= 11 is 0. The van der Waals surface area contributed by atoms with Crippen LogP contribution in [0.5, 0.6) is 5.75 Å². The first-order valence-electron chi connectivity index (χ1n) is 5.39. The first-order chi connectivity index (χ1) is 7.38. The van der Waals surface area contributed by atoms with Gasteiger partial charge in [0.05, 0.1) is 0 Å². The van der Waals surface area contributed by atoms with Gasteiger partial charge in [-0.1, -0.05) is 12.1 Å². The standard InChI is InChI=1S/C12H16FNO/c13-6-7-15-12-3-1-2-10(8-12)9-14-11-4-5-11/h1-3,8,11,14H,4-7,9H2. The van der Waals surface area contributed by atoms with Crippen molar-refractivity contribution in [3.8, 4) is 5.75 Å². The molecule has 15 heavy (non-hydrogen) atoms. The third kappa shape index (κ3) is 3.51. The van der Waals surface area contributed by atoms with E-state index in [-0.39, 0.29) is 6.61 Å². The first kappa shape index (κ1) is 10.4. The highest BCUT2D eigenvalue weighted by Crippen LogP contribution is 2.20. The Labute approximate surface area is 89.4 Å². The number of hydrogen-bond donors (Lipinski definition) is 1. The van der Waals surface area contributed by atoms with Crippen molar-refractivity contribution in [2.45, 2.75) is 25.4 Å². The van der Waals surface area contributed by atoms with Gasteiger partial charge < -0.3 is 10.1 Å². The molecule has 0 atom stereocenters. The Bertz CT molecular complexity index is 312. The van der Waals surface area contributed by atoms with Crippen LogP contribution in [-0.4, -0.2) is 19.3 Å². The van der Waals surface area contributed by atoms with E-state index in [1.165, 1.54) is 18.4 Å². The van der Waals surface area contributed by atoms with Gasteiger partial charge in [0.2, 0.25) is 0 Å². The molecule has 0 unspecified atom stereocenters. The Morgan fingerprint density at radius 3 is 3.00 bits per heavy atom. The van der Waals surface area contributed by atoms with Gasteiger partial charge in [0.1, 0.15) is 19.0 Å². The highest BCUT2D eigenvalue weighted by molar-refractivity contribution is 5.28. The van der Waals surface area contributed by atoms with Crippen molar-refractivity contribution in [1.82, 2.24) is 5.32 Å². The first-order valence-corrected chi connectivity index (χ1v) is 5.39. The van der Waals surface area contributed by atoms with Crippen molar-refractivity contribution in [3.05, 3.63) is 29.8 Å². The molecule has 82 valence electrons. The molecule has 2 rings (SSSR count). The third-order valence-corrected chi connectivity index (χ3v) is 2.42. The summed E-state index contributed by atoms with van der Waals surface area (Å²) in [6.45, 7) is 0.571. The lowest BCUT2D eigenvalue weighted by atomic mass is 10.2. The average molecular weight is 209 g/mol. The van der Waals surface area contributed by atoms with E-state index < -0.39 is 6.67 Å². The molecule has 0 aromatic heterocycles. The van der Waals surface area contributed by atoms with E-state index in [0.717, 1.165) is 12.3 Å². The number of hydrogen-bond acceptors (Lipinski definition) is 2. The van der Waals surface area contributed by atoms with Gasteiger partial charge in [-0.05, 0) is 30.5 Å². The van der Waals surface area contributed by atoms with Crippen LogP contribution >= 0.6 is 0 Å². The summed E-state index contributed by atoms with van der Waals surface area (Å²) in [7, 11) is 0. The molecule has 3 heteroatoms. The zero-order valence-corrected chi connectivity index (χ0v) is 8.71. The number of benzene rings is 1. The maximum Gasteiger partial charge on any atom is 0.123 e. The van der Waals surface area contributed by atoms with Gasteiger partial charge in [-0.25, -0.2) is 4.39 Å². The smallest absolute Gasteiger partial charge is 0.123 e. The Kier molecular flexibility index (Phi) is 3.56. The third-order valence-electron chi connectivity index (χ3n) is 2.42. The topological polar surface area (TPSA) is 21.3 Å². The minimum absolute atomic E-state index is 0.138. The molecule has 1 aromatic rings. The van der Waals surface area contributed by atoms with Crippen LogP contribution in [-0.2, 0) is 6.54 Å². The molecule has 1 saturated carbocycles. The van der Waals surface area contributed by atoms with Crippen molar-refractivity contribution >= 4 is 0 Å². The molecule has 0 aliphatic heterocycles. The molecule has 1 N–H and O–H groups in total. The second-order valence-corrected chi connectivity index (χ2v) is 3.84. The number of nitrogens with one attached hydrogen (secondary N) is 1. The molecule has 1 fully saturated rings. The summed E-state index contributed by atoms with van der Waals surface area (Å²) in [4.78, 5) is 0. The summed E-state index contributed by atoms with van der Waals surface area (Å²) < 4.78 is 17.1. The summed E-state index contributed by atoms with van der Waals surface area (Å²) in [5.41, 5.74) is 1.19. The minimum Gasteiger partial charge on any atom is -0.491 e. The van der Waals surface area contributed by atoms with Gasteiger partial charge in [-0.15, -0.1) is 0 Å². The number of halogens is 1. The number of ether oxygens (including phenoxy) is 1. The van der Waals surface area contributed by atoms with Crippen LogP contribution < -0.4 is 10.1 Å². The summed E-state index contributed by atoms with van der Waals surface area (Å²) in [5, 5.41) is 3.43. The zero-order valence-electron chi connectivity index (χ0n) is 8.71. The number of alkyl halides is 1. The largest absolute Gasteiger partial charge is 0.491 e. The minimum atomic E-state index is -0.440. The van der Waals surface area contributed by atoms with Crippen LogP contribution in [0.15, 0.2) is 24.3 Å². The van der Waals surface area contributed by atoms with Gasteiger partial charge >= 0.3 is 0 Å². The fourth-order valence-electron chi connectivity index (χ4n) is 1.45. The molecule has 0 amide bonds. The summed E-state index contributed by atoms with van der Waals surface area (Å²) in [6, 6.07) is 8.52. The fourth-order valence-corrected chi connectivity index (χ4v) is 1.45. The Balaban J connectivity index is 1.85. The highest BCUT2D eigenvalue weighted by atomic mass is 19.1. The van der Waals surface area contributed by atoms with E-state index in [0.29, 0.717) is 6.04 Å². The van der Waals surface area contributed by atoms with E-state index in [1.807, 2.05) is 18.2 Å². The van der Waals surface area contributed by atoms with Crippen molar-refractivity contribution in [1.29, 1.82) is 0 Å². The Hall–Kier alpha value is -1.09. The van der Waals surface area contributed by atoms with Crippen molar-refractivity contribution in [2.75, 3.05) is 13.3 Å². The van der Waals surface area contributed by atoms with Gasteiger partial charge in [0.15, 0.2) is 0 Å². The second-order valence-electron chi connectivity index (χ2n) is 3.84. The molecule has 0 heterocycles. The summed E-state index contributed by atoms with van der Waals surface area (Å²) in [6.07, 6.45) is 2.58. The van der Waals surface area contributed by atoms with E-state index in [4.69, 9.17) is 4.74 Å². The molecule has 0 bridgehead atoms. The van der Waals surface area contributed by atoms with Crippen molar-refractivity contribution < 1.29 is 9.13 Å². The van der Waals surface area contributed by atoms with Crippen LogP contribution in [0.4, 0.5) is 4.39 Å². The summed E-state index contributed by atoms with van der Waals surface area (Å²) in [5.74, 6) is 0.753. The van der Waals surface area contributed by atoms with Gasteiger partial charge in [-0.3, -0.25) is 0 Å².